The Morgan fingerprint density at radius 1 is 1.09 bits per heavy atom. The molecule has 0 saturated heterocycles. The van der Waals surface area contributed by atoms with Gasteiger partial charge in [0.2, 0.25) is 5.91 Å². The third-order valence-corrected chi connectivity index (χ3v) is 5.59. The summed E-state index contributed by atoms with van der Waals surface area (Å²) in [6.07, 6.45) is 0.0290. The van der Waals surface area contributed by atoms with Crippen LogP contribution in [-0.4, -0.2) is 53.2 Å². The molecule has 2 aromatic carbocycles. The Labute approximate surface area is 205 Å². The van der Waals surface area contributed by atoms with Gasteiger partial charge in [0, 0.05) is 11.7 Å². The SMILES string of the molecule is COc1ccc(NC(=O)C(c2ccc(O)cc2)N(C(=O)CNC(=O)OC(C)(C)C)C2CC2C)cc1. The molecule has 0 spiro atoms. The minimum atomic E-state index is -0.972. The lowest BCUT2D eigenvalue weighted by atomic mass is 10.0. The highest BCUT2D eigenvalue weighted by molar-refractivity contribution is 5.98. The molecule has 0 radical (unpaired) electrons. The van der Waals surface area contributed by atoms with Gasteiger partial charge in [-0.3, -0.25) is 9.59 Å². The Morgan fingerprint density at radius 3 is 2.20 bits per heavy atom. The summed E-state index contributed by atoms with van der Waals surface area (Å²) in [5.74, 6) is 0.0786. The van der Waals surface area contributed by atoms with Crippen LogP contribution in [0.5, 0.6) is 11.5 Å². The Morgan fingerprint density at radius 2 is 1.69 bits per heavy atom. The van der Waals surface area contributed by atoms with Crippen molar-refractivity contribution < 1.29 is 29.0 Å². The van der Waals surface area contributed by atoms with E-state index in [0.29, 0.717) is 17.0 Å². The number of methoxy groups -OCH3 is 1. The first-order valence-electron chi connectivity index (χ1n) is 11.5. The standard InChI is InChI=1S/C26H33N3O6/c1-16-14-21(16)29(22(31)15-27-25(33)35-26(2,3)4)23(17-6-10-19(30)11-7-17)24(32)28-18-8-12-20(34-5)13-9-18/h6-13,16,21,23,30H,14-15H2,1-5H3,(H,27,33)(H,28,32). The molecular formula is C26H33N3O6. The van der Waals surface area contributed by atoms with Crippen LogP contribution in [-0.2, 0) is 14.3 Å². The molecule has 3 unspecified atom stereocenters. The van der Waals surface area contributed by atoms with Gasteiger partial charge in [0.15, 0.2) is 0 Å². The Hall–Kier alpha value is -3.75. The first-order valence-corrected chi connectivity index (χ1v) is 11.5. The average molecular weight is 484 g/mol. The van der Waals surface area contributed by atoms with Crippen LogP contribution < -0.4 is 15.4 Å². The predicted molar refractivity (Wildman–Crippen MR) is 131 cm³/mol. The maximum Gasteiger partial charge on any atom is 0.408 e. The molecule has 1 saturated carbocycles. The molecule has 1 aliphatic rings. The number of nitrogens with one attached hydrogen (secondary N) is 2. The van der Waals surface area contributed by atoms with E-state index in [9.17, 15) is 19.5 Å². The maximum absolute atomic E-state index is 13.6. The minimum Gasteiger partial charge on any atom is -0.508 e. The van der Waals surface area contributed by atoms with Crippen LogP contribution in [0.4, 0.5) is 10.5 Å². The van der Waals surface area contributed by atoms with Gasteiger partial charge in [-0.25, -0.2) is 4.79 Å². The lowest BCUT2D eigenvalue weighted by Crippen LogP contribution is -2.48. The smallest absolute Gasteiger partial charge is 0.408 e. The number of ether oxygens (including phenoxy) is 2. The number of benzene rings is 2. The molecule has 0 bridgehead atoms. The molecule has 3 amide bonds. The summed E-state index contributed by atoms with van der Waals surface area (Å²) < 4.78 is 10.4. The van der Waals surface area contributed by atoms with E-state index in [2.05, 4.69) is 10.6 Å². The highest BCUT2D eigenvalue weighted by Crippen LogP contribution is 2.40. The van der Waals surface area contributed by atoms with Crippen LogP contribution in [0.1, 0.15) is 45.7 Å². The normalized spacial score (nSPS) is 17.6. The second-order valence-electron chi connectivity index (χ2n) is 9.65. The zero-order valence-corrected chi connectivity index (χ0v) is 20.7. The predicted octanol–water partition coefficient (Wildman–Crippen LogP) is 3.84. The number of hydrogen-bond donors (Lipinski definition) is 3. The second kappa shape index (κ2) is 10.7. The van der Waals surface area contributed by atoms with E-state index in [1.807, 2.05) is 6.92 Å². The molecular weight excluding hydrogens is 450 g/mol. The number of anilines is 1. The van der Waals surface area contributed by atoms with Crippen molar-refractivity contribution in [2.75, 3.05) is 19.0 Å². The Balaban J connectivity index is 1.87. The van der Waals surface area contributed by atoms with Gasteiger partial charge >= 0.3 is 6.09 Å². The van der Waals surface area contributed by atoms with Gasteiger partial charge in [0.1, 0.15) is 29.7 Å². The monoisotopic (exact) mass is 483 g/mol. The molecule has 0 aliphatic heterocycles. The number of phenolic OH excluding ortho intramolecular Hbond substituents is 1. The van der Waals surface area contributed by atoms with Gasteiger partial charge in [0.05, 0.1) is 7.11 Å². The number of aromatic hydroxyl groups is 1. The Kier molecular flexibility index (Phi) is 7.89. The van der Waals surface area contributed by atoms with Crippen LogP contribution in [0.15, 0.2) is 48.5 Å². The van der Waals surface area contributed by atoms with Gasteiger partial charge < -0.3 is 30.1 Å². The number of alkyl carbamates (subject to hydrolysis) is 1. The molecule has 3 rings (SSSR count). The van der Waals surface area contributed by atoms with Gasteiger partial charge in [-0.15, -0.1) is 0 Å². The molecule has 188 valence electrons. The number of nitrogens with zero attached hydrogens (tertiary/aromatic N) is 1. The van der Waals surface area contributed by atoms with Crippen LogP contribution in [0.3, 0.4) is 0 Å². The van der Waals surface area contributed by atoms with Crippen molar-refractivity contribution in [3.05, 3.63) is 54.1 Å². The molecule has 2 aromatic rings. The van der Waals surface area contributed by atoms with E-state index in [-0.39, 0.29) is 24.3 Å². The third-order valence-electron chi connectivity index (χ3n) is 5.59. The molecule has 35 heavy (non-hydrogen) atoms. The zero-order valence-electron chi connectivity index (χ0n) is 20.7. The average Bonchev–Trinajstić information content (AvgIpc) is 3.51. The summed E-state index contributed by atoms with van der Waals surface area (Å²) in [4.78, 5) is 40.6. The van der Waals surface area contributed by atoms with Crippen molar-refractivity contribution in [2.24, 2.45) is 5.92 Å². The number of carbonyl (C=O) groups is 3. The maximum atomic E-state index is 13.6. The zero-order chi connectivity index (χ0) is 25.8. The van der Waals surface area contributed by atoms with Crippen molar-refractivity contribution in [1.82, 2.24) is 10.2 Å². The number of carbonyl (C=O) groups excluding carboxylic acids is 3. The van der Waals surface area contributed by atoms with Gasteiger partial charge in [0.25, 0.3) is 5.91 Å². The quantitative estimate of drug-likeness (QED) is 0.525. The summed E-state index contributed by atoms with van der Waals surface area (Å²) in [6, 6.07) is 11.9. The fraction of sp³-hybridized carbons (Fsp3) is 0.423. The van der Waals surface area contributed by atoms with E-state index < -0.39 is 29.6 Å². The number of phenols is 1. The first-order chi connectivity index (χ1) is 16.5. The van der Waals surface area contributed by atoms with Crippen molar-refractivity contribution in [3.8, 4) is 11.5 Å². The highest BCUT2D eigenvalue weighted by Gasteiger charge is 2.46. The lowest BCUT2D eigenvalue weighted by molar-refractivity contribution is -0.139. The molecule has 1 aliphatic carbocycles. The van der Waals surface area contributed by atoms with E-state index in [0.717, 1.165) is 6.42 Å². The molecule has 0 heterocycles. The van der Waals surface area contributed by atoms with Crippen LogP contribution in [0.2, 0.25) is 0 Å². The topological polar surface area (TPSA) is 117 Å². The summed E-state index contributed by atoms with van der Waals surface area (Å²) in [5, 5.41) is 15.1. The van der Waals surface area contributed by atoms with E-state index in [1.165, 1.54) is 17.0 Å². The minimum absolute atomic E-state index is 0.0484. The number of hydrogen-bond acceptors (Lipinski definition) is 6. The molecule has 3 atom stereocenters. The molecule has 1 fully saturated rings. The van der Waals surface area contributed by atoms with Crippen LogP contribution in [0.25, 0.3) is 0 Å². The summed E-state index contributed by atoms with van der Waals surface area (Å²) in [6.45, 7) is 6.88. The van der Waals surface area contributed by atoms with Crippen molar-refractivity contribution in [1.29, 1.82) is 0 Å². The molecule has 9 nitrogen and oxygen atoms in total. The second-order valence-corrected chi connectivity index (χ2v) is 9.65. The van der Waals surface area contributed by atoms with E-state index in [1.54, 1.807) is 64.3 Å². The highest BCUT2D eigenvalue weighted by atomic mass is 16.6. The molecule has 3 N–H and O–H groups in total. The fourth-order valence-electron chi connectivity index (χ4n) is 3.74. The first kappa shape index (κ1) is 25.9. The third kappa shape index (κ3) is 7.11. The molecule has 0 aromatic heterocycles. The van der Waals surface area contributed by atoms with E-state index in [4.69, 9.17) is 9.47 Å². The van der Waals surface area contributed by atoms with Crippen LogP contribution >= 0.6 is 0 Å². The fourth-order valence-corrected chi connectivity index (χ4v) is 3.74. The van der Waals surface area contributed by atoms with Gasteiger partial charge in [-0.05, 0) is 75.1 Å². The van der Waals surface area contributed by atoms with Crippen molar-refractivity contribution in [3.63, 3.8) is 0 Å². The number of amides is 3. The van der Waals surface area contributed by atoms with E-state index >= 15 is 0 Å². The van der Waals surface area contributed by atoms with Gasteiger partial charge in [-0.2, -0.15) is 0 Å². The summed E-state index contributed by atoms with van der Waals surface area (Å²) >= 11 is 0. The van der Waals surface area contributed by atoms with Crippen molar-refractivity contribution >= 4 is 23.6 Å². The lowest BCUT2D eigenvalue weighted by Gasteiger charge is -2.32. The largest absolute Gasteiger partial charge is 0.508 e. The Bertz CT molecular complexity index is 1050. The molecule has 9 heteroatoms. The number of rotatable bonds is 8. The van der Waals surface area contributed by atoms with Crippen molar-refractivity contribution in [2.45, 2.75) is 51.8 Å². The van der Waals surface area contributed by atoms with Gasteiger partial charge in [-0.1, -0.05) is 19.1 Å². The summed E-state index contributed by atoms with van der Waals surface area (Å²) in [7, 11) is 1.56. The summed E-state index contributed by atoms with van der Waals surface area (Å²) in [5.41, 5.74) is 0.381. The van der Waals surface area contributed by atoms with Crippen LogP contribution in [0, 0.1) is 5.92 Å².